The van der Waals surface area contributed by atoms with Gasteiger partial charge in [-0.05, 0) is 30.0 Å². The molecule has 1 heterocycles. The van der Waals surface area contributed by atoms with E-state index in [2.05, 4.69) is 15.2 Å². The van der Waals surface area contributed by atoms with Crippen LogP contribution in [0.5, 0.6) is 0 Å². The largest absolute Gasteiger partial charge is 0.468 e. The van der Waals surface area contributed by atoms with Crippen LogP contribution in [0.25, 0.3) is 0 Å². The van der Waals surface area contributed by atoms with Crippen molar-refractivity contribution in [1.82, 2.24) is 9.78 Å². The third kappa shape index (κ3) is 2.79. The number of hydrogen-bond donors (Lipinski definition) is 1. The summed E-state index contributed by atoms with van der Waals surface area (Å²) >= 11 is 0. The molecule has 0 bridgehead atoms. The number of fused-ring (bicyclic) bond motifs is 1. The highest BCUT2D eigenvalue weighted by molar-refractivity contribution is 5.68. The molecule has 3 rings (SSSR count). The second-order valence-corrected chi connectivity index (χ2v) is 5.17. The topological polar surface area (TPSA) is 56.1 Å². The Morgan fingerprint density at radius 3 is 3.09 bits per heavy atom. The van der Waals surface area contributed by atoms with E-state index in [0.29, 0.717) is 29.8 Å². The van der Waals surface area contributed by atoms with Gasteiger partial charge in [-0.3, -0.25) is 9.48 Å². The normalized spacial score (nSPS) is 16.4. The van der Waals surface area contributed by atoms with Crippen LogP contribution in [0.2, 0.25) is 0 Å². The lowest BCUT2D eigenvalue weighted by Crippen LogP contribution is -2.13. The molecule has 1 aromatic carbocycles. The summed E-state index contributed by atoms with van der Waals surface area (Å²) in [5.74, 6) is -0.937. The van der Waals surface area contributed by atoms with E-state index >= 15 is 0 Å². The minimum absolute atomic E-state index is 0.0166. The molecule has 0 saturated heterocycles. The first kappa shape index (κ1) is 14.5. The maximum Gasteiger partial charge on any atom is 0.327 e. The zero-order valence-electron chi connectivity index (χ0n) is 12.0. The number of hydrogen-bond acceptors (Lipinski definition) is 4. The van der Waals surface area contributed by atoms with Crippen molar-refractivity contribution in [1.29, 1.82) is 0 Å². The van der Waals surface area contributed by atoms with Gasteiger partial charge in [0.15, 0.2) is 0 Å². The monoisotopic (exact) mass is 307 g/mol. The second kappa shape index (κ2) is 5.75. The number of esters is 1. The average Bonchev–Trinajstić information content (AvgIpc) is 3.07. The lowest BCUT2D eigenvalue weighted by Gasteiger charge is -2.13. The first-order valence-corrected chi connectivity index (χ1v) is 6.91. The molecule has 5 nitrogen and oxygen atoms in total. The molecule has 0 amide bonds. The van der Waals surface area contributed by atoms with Gasteiger partial charge in [0.05, 0.1) is 13.2 Å². The standard InChI is InChI=1S/C15H15F2N3O2/c1-22-15(21)8-20-5-4-14(19-20)18-13-3-2-10-11(13)6-9(16)7-12(10)17/h4-7,13H,2-3,8H2,1H3,(H,18,19). The molecule has 1 N–H and O–H groups in total. The third-order valence-electron chi connectivity index (χ3n) is 3.73. The van der Waals surface area contributed by atoms with Gasteiger partial charge in [-0.1, -0.05) is 0 Å². The Kier molecular flexibility index (Phi) is 3.79. The summed E-state index contributed by atoms with van der Waals surface area (Å²) in [7, 11) is 1.31. The van der Waals surface area contributed by atoms with Gasteiger partial charge in [0.1, 0.15) is 24.0 Å². The SMILES string of the molecule is COC(=O)Cn1ccc(NC2CCc3c(F)cc(F)cc32)n1. The van der Waals surface area contributed by atoms with Gasteiger partial charge in [0.2, 0.25) is 0 Å². The lowest BCUT2D eigenvalue weighted by molar-refractivity contribution is -0.141. The molecule has 22 heavy (non-hydrogen) atoms. The molecule has 116 valence electrons. The fourth-order valence-electron chi connectivity index (χ4n) is 2.69. The molecule has 1 aliphatic rings. The number of anilines is 1. The van der Waals surface area contributed by atoms with E-state index < -0.39 is 17.6 Å². The van der Waals surface area contributed by atoms with Gasteiger partial charge >= 0.3 is 5.97 Å². The maximum atomic E-state index is 13.7. The summed E-state index contributed by atoms with van der Waals surface area (Å²) in [6.45, 7) is 0.0166. The minimum atomic E-state index is -0.582. The number of methoxy groups -OCH3 is 1. The van der Waals surface area contributed by atoms with E-state index in [0.717, 1.165) is 6.07 Å². The number of halogens is 2. The van der Waals surface area contributed by atoms with Crippen LogP contribution in [0.15, 0.2) is 24.4 Å². The van der Waals surface area contributed by atoms with Crippen LogP contribution in [-0.2, 0) is 22.5 Å². The fraction of sp³-hybridized carbons (Fsp3) is 0.333. The van der Waals surface area contributed by atoms with E-state index in [1.54, 1.807) is 12.3 Å². The molecular weight excluding hydrogens is 292 g/mol. The number of carbonyl (C=O) groups excluding carboxylic acids is 1. The summed E-state index contributed by atoms with van der Waals surface area (Å²) in [6, 6.07) is 3.78. The Labute approximate surface area is 125 Å². The highest BCUT2D eigenvalue weighted by atomic mass is 19.1. The number of aromatic nitrogens is 2. The third-order valence-corrected chi connectivity index (χ3v) is 3.73. The van der Waals surface area contributed by atoms with Crippen molar-refractivity contribution in [2.75, 3.05) is 12.4 Å². The quantitative estimate of drug-likeness (QED) is 0.882. The Bertz CT molecular complexity index is 715. The van der Waals surface area contributed by atoms with Crippen LogP contribution in [0.1, 0.15) is 23.6 Å². The van der Waals surface area contributed by atoms with Crippen LogP contribution in [0.4, 0.5) is 14.6 Å². The van der Waals surface area contributed by atoms with Crippen molar-refractivity contribution in [3.63, 3.8) is 0 Å². The van der Waals surface area contributed by atoms with Crippen molar-refractivity contribution in [2.45, 2.75) is 25.4 Å². The highest BCUT2D eigenvalue weighted by Gasteiger charge is 2.26. The first-order chi connectivity index (χ1) is 10.6. The summed E-state index contributed by atoms with van der Waals surface area (Å²) in [5, 5.41) is 7.34. The highest BCUT2D eigenvalue weighted by Crippen LogP contribution is 2.35. The molecule has 1 aliphatic carbocycles. The van der Waals surface area contributed by atoms with Crippen LogP contribution in [-0.4, -0.2) is 22.9 Å². The van der Waals surface area contributed by atoms with E-state index in [4.69, 9.17) is 0 Å². The Hall–Kier alpha value is -2.44. The average molecular weight is 307 g/mol. The van der Waals surface area contributed by atoms with Gasteiger partial charge in [-0.2, -0.15) is 5.10 Å². The molecule has 2 aromatic rings. The van der Waals surface area contributed by atoms with Crippen LogP contribution < -0.4 is 5.32 Å². The smallest absolute Gasteiger partial charge is 0.327 e. The predicted molar refractivity (Wildman–Crippen MR) is 75.3 cm³/mol. The van der Waals surface area contributed by atoms with E-state index in [1.807, 2.05) is 0 Å². The van der Waals surface area contributed by atoms with Crippen molar-refractivity contribution in [3.8, 4) is 0 Å². The van der Waals surface area contributed by atoms with Gasteiger partial charge in [0, 0.05) is 18.3 Å². The molecule has 0 aliphatic heterocycles. The molecule has 7 heteroatoms. The number of nitrogens with zero attached hydrogens (tertiary/aromatic N) is 2. The summed E-state index contributed by atoms with van der Waals surface area (Å²) in [4.78, 5) is 11.2. The second-order valence-electron chi connectivity index (χ2n) is 5.17. The number of benzene rings is 1. The van der Waals surface area contributed by atoms with Crippen LogP contribution in [0.3, 0.4) is 0 Å². The van der Waals surface area contributed by atoms with Gasteiger partial charge in [0.25, 0.3) is 0 Å². The zero-order valence-corrected chi connectivity index (χ0v) is 12.0. The fourth-order valence-corrected chi connectivity index (χ4v) is 2.69. The van der Waals surface area contributed by atoms with E-state index in [-0.39, 0.29) is 12.6 Å². The van der Waals surface area contributed by atoms with Crippen LogP contribution in [0, 0.1) is 11.6 Å². The van der Waals surface area contributed by atoms with E-state index in [1.165, 1.54) is 17.9 Å². The number of ether oxygens (including phenoxy) is 1. The van der Waals surface area contributed by atoms with Crippen molar-refractivity contribution >= 4 is 11.8 Å². The van der Waals surface area contributed by atoms with Gasteiger partial charge in [-0.15, -0.1) is 0 Å². The maximum absolute atomic E-state index is 13.7. The molecule has 1 unspecified atom stereocenters. The summed E-state index contributed by atoms with van der Waals surface area (Å²) in [6.07, 6.45) is 2.86. The number of carbonyl (C=O) groups is 1. The van der Waals surface area contributed by atoms with Gasteiger partial charge in [-0.25, -0.2) is 8.78 Å². The van der Waals surface area contributed by atoms with E-state index in [9.17, 15) is 13.6 Å². The number of rotatable bonds is 4. The summed E-state index contributed by atoms with van der Waals surface area (Å²) in [5.41, 5.74) is 1.17. The first-order valence-electron chi connectivity index (χ1n) is 6.91. The molecule has 0 fully saturated rings. The molecular formula is C15H15F2N3O2. The van der Waals surface area contributed by atoms with Gasteiger partial charge < -0.3 is 10.1 Å². The van der Waals surface area contributed by atoms with Crippen molar-refractivity contribution < 1.29 is 18.3 Å². The molecule has 1 aromatic heterocycles. The predicted octanol–water partition coefficient (Wildman–Crippen LogP) is 2.43. The lowest BCUT2D eigenvalue weighted by atomic mass is 10.1. The summed E-state index contributed by atoms with van der Waals surface area (Å²) < 4.78 is 33.1. The molecule has 0 saturated carbocycles. The van der Waals surface area contributed by atoms with Crippen molar-refractivity contribution in [2.24, 2.45) is 0 Å². The zero-order chi connectivity index (χ0) is 15.7. The molecule has 0 spiro atoms. The van der Waals surface area contributed by atoms with Crippen LogP contribution >= 0.6 is 0 Å². The number of nitrogens with one attached hydrogen (secondary N) is 1. The van der Waals surface area contributed by atoms with Crippen molar-refractivity contribution in [3.05, 3.63) is 47.2 Å². The molecule has 1 atom stereocenters. The Balaban J connectivity index is 1.75. The Morgan fingerprint density at radius 1 is 1.50 bits per heavy atom. The Morgan fingerprint density at radius 2 is 2.32 bits per heavy atom. The minimum Gasteiger partial charge on any atom is -0.468 e. The molecule has 0 radical (unpaired) electrons.